The second kappa shape index (κ2) is 6.08. The summed E-state index contributed by atoms with van der Waals surface area (Å²) in [4.78, 5) is 22.6. The van der Waals surface area contributed by atoms with Gasteiger partial charge in [-0.15, -0.1) is 0 Å². The van der Waals surface area contributed by atoms with Crippen LogP contribution >= 0.6 is 0 Å². The summed E-state index contributed by atoms with van der Waals surface area (Å²) >= 11 is 0. The van der Waals surface area contributed by atoms with Crippen molar-refractivity contribution in [3.63, 3.8) is 0 Å². The Morgan fingerprint density at radius 2 is 1.95 bits per heavy atom. The Morgan fingerprint density at radius 1 is 1.23 bits per heavy atom. The van der Waals surface area contributed by atoms with Crippen molar-refractivity contribution in [3.05, 3.63) is 16.3 Å². The number of aryl methyl sites for hydroxylation is 1. The van der Waals surface area contributed by atoms with Crippen LogP contribution in [0.4, 0.5) is 5.82 Å². The Labute approximate surface area is 129 Å². The number of fused-ring (bicyclic) bond motifs is 1. The lowest BCUT2D eigenvalue weighted by Gasteiger charge is -2.14. The standard InChI is InChI=1S/C8H9N5O.C5H8O.C2H6/c1-4-10-6-5-7(11-4)12-8(14)13(5)3-2-9-6;1-4-2-6-3-5(1)4;1-2/h2-3H2,1H3,(H2,9,10,11,12,14);4-5H,1-3H2;1-2H3. The van der Waals surface area contributed by atoms with E-state index in [0.29, 0.717) is 18.0 Å². The molecular weight excluding hydrogens is 282 g/mol. The smallest absolute Gasteiger partial charge is 0.327 e. The highest BCUT2D eigenvalue weighted by Crippen LogP contribution is 2.43. The van der Waals surface area contributed by atoms with Crippen LogP contribution in [-0.2, 0) is 11.3 Å². The van der Waals surface area contributed by atoms with Gasteiger partial charge >= 0.3 is 5.69 Å². The van der Waals surface area contributed by atoms with E-state index in [1.54, 1.807) is 4.57 Å². The fourth-order valence-electron chi connectivity index (χ4n) is 2.89. The van der Waals surface area contributed by atoms with Gasteiger partial charge in [-0.1, -0.05) is 13.8 Å². The zero-order valence-corrected chi connectivity index (χ0v) is 13.3. The van der Waals surface area contributed by atoms with Gasteiger partial charge in [-0.3, -0.25) is 9.55 Å². The van der Waals surface area contributed by atoms with Crippen LogP contribution in [0.25, 0.3) is 11.2 Å². The summed E-state index contributed by atoms with van der Waals surface area (Å²) < 4.78 is 6.77. The topological polar surface area (TPSA) is 84.8 Å². The zero-order valence-electron chi connectivity index (χ0n) is 13.3. The van der Waals surface area contributed by atoms with Crippen LogP contribution < -0.4 is 11.0 Å². The van der Waals surface area contributed by atoms with E-state index >= 15 is 0 Å². The summed E-state index contributed by atoms with van der Waals surface area (Å²) in [7, 11) is 0. The molecule has 0 radical (unpaired) electrons. The van der Waals surface area contributed by atoms with Gasteiger partial charge in [0.15, 0.2) is 11.5 Å². The summed E-state index contributed by atoms with van der Waals surface area (Å²) in [5, 5.41) is 3.15. The van der Waals surface area contributed by atoms with E-state index < -0.39 is 0 Å². The molecule has 2 aromatic rings. The predicted molar refractivity (Wildman–Crippen MR) is 85.1 cm³/mol. The van der Waals surface area contributed by atoms with Gasteiger partial charge < -0.3 is 10.1 Å². The zero-order chi connectivity index (χ0) is 15.7. The normalized spacial score (nSPS) is 23.6. The third kappa shape index (κ3) is 2.72. The maximum absolute atomic E-state index is 11.5. The highest BCUT2D eigenvalue weighted by atomic mass is 16.5. The summed E-state index contributed by atoms with van der Waals surface area (Å²) in [6.07, 6.45) is 1.46. The number of H-pyrrole nitrogens is 1. The maximum Gasteiger partial charge on any atom is 0.327 e. The van der Waals surface area contributed by atoms with Crippen LogP contribution in [0.3, 0.4) is 0 Å². The monoisotopic (exact) mass is 305 g/mol. The highest BCUT2D eigenvalue weighted by Gasteiger charge is 2.41. The highest BCUT2D eigenvalue weighted by molar-refractivity contribution is 5.83. The molecule has 4 heterocycles. The van der Waals surface area contributed by atoms with Crippen molar-refractivity contribution in [1.82, 2.24) is 19.5 Å². The molecule has 2 unspecified atom stereocenters. The van der Waals surface area contributed by atoms with Gasteiger partial charge in [0.2, 0.25) is 0 Å². The van der Waals surface area contributed by atoms with Crippen LogP contribution in [0.1, 0.15) is 26.1 Å². The van der Waals surface area contributed by atoms with Crippen molar-refractivity contribution in [2.24, 2.45) is 11.8 Å². The first kappa shape index (κ1) is 15.0. The van der Waals surface area contributed by atoms with Crippen molar-refractivity contribution in [2.45, 2.75) is 33.7 Å². The first-order chi connectivity index (χ1) is 10.7. The Hall–Kier alpha value is -1.89. The van der Waals surface area contributed by atoms with Crippen LogP contribution in [-0.4, -0.2) is 39.3 Å². The van der Waals surface area contributed by atoms with Gasteiger partial charge in [-0.05, 0) is 25.2 Å². The van der Waals surface area contributed by atoms with E-state index in [2.05, 4.69) is 20.3 Å². The Bertz CT molecular complexity index is 713. The minimum atomic E-state index is -0.109. The molecule has 2 atom stereocenters. The average Bonchev–Trinajstić information content (AvgIpc) is 2.99. The number of hydrogen-bond donors (Lipinski definition) is 2. The Kier molecular flexibility index (Phi) is 4.15. The lowest BCUT2D eigenvalue weighted by Crippen LogP contribution is -2.25. The van der Waals surface area contributed by atoms with Gasteiger partial charge in [0.25, 0.3) is 0 Å². The van der Waals surface area contributed by atoms with Crippen LogP contribution in [0, 0.1) is 18.8 Å². The Morgan fingerprint density at radius 3 is 2.55 bits per heavy atom. The van der Waals surface area contributed by atoms with Gasteiger partial charge in [0, 0.05) is 26.3 Å². The van der Waals surface area contributed by atoms with Crippen LogP contribution in [0.2, 0.25) is 0 Å². The molecule has 7 nitrogen and oxygen atoms in total. The maximum atomic E-state index is 11.5. The second-order valence-electron chi connectivity index (χ2n) is 5.62. The number of anilines is 1. The van der Waals surface area contributed by atoms with E-state index in [1.807, 2.05) is 20.8 Å². The Balaban J connectivity index is 0.000000149. The van der Waals surface area contributed by atoms with Crippen molar-refractivity contribution in [1.29, 1.82) is 0 Å². The average molecular weight is 305 g/mol. The number of rotatable bonds is 0. The summed E-state index contributed by atoms with van der Waals surface area (Å²) in [5.74, 6) is 3.39. The SMILES string of the molecule is C1OCC2CC12.CC.Cc1nc2c3c(n1)[nH]c(=O)n3CCN2. The lowest BCUT2D eigenvalue weighted by atomic mass is 10.4. The van der Waals surface area contributed by atoms with Crippen molar-refractivity contribution < 1.29 is 4.74 Å². The number of aromatic amines is 1. The first-order valence-electron chi connectivity index (χ1n) is 8.01. The van der Waals surface area contributed by atoms with Crippen LogP contribution in [0.15, 0.2) is 4.79 Å². The third-order valence-electron chi connectivity index (χ3n) is 4.10. The fourth-order valence-corrected chi connectivity index (χ4v) is 2.89. The van der Waals surface area contributed by atoms with Gasteiger partial charge in [-0.2, -0.15) is 0 Å². The molecule has 0 bridgehead atoms. The second-order valence-corrected chi connectivity index (χ2v) is 5.62. The first-order valence-corrected chi connectivity index (χ1v) is 8.01. The minimum absolute atomic E-state index is 0.109. The molecule has 2 N–H and O–H groups in total. The third-order valence-corrected chi connectivity index (χ3v) is 4.10. The molecule has 2 fully saturated rings. The molecule has 7 heteroatoms. The molecule has 5 rings (SSSR count). The van der Waals surface area contributed by atoms with Crippen molar-refractivity contribution in [2.75, 3.05) is 25.1 Å². The number of imidazole rings is 1. The summed E-state index contributed by atoms with van der Waals surface area (Å²) in [6.45, 7) is 9.33. The molecule has 3 aliphatic rings. The predicted octanol–water partition coefficient (Wildman–Crippen LogP) is 1.53. The van der Waals surface area contributed by atoms with Crippen molar-refractivity contribution in [3.8, 4) is 0 Å². The molecule has 22 heavy (non-hydrogen) atoms. The molecule has 120 valence electrons. The van der Waals surface area contributed by atoms with E-state index in [9.17, 15) is 4.79 Å². The summed E-state index contributed by atoms with van der Waals surface area (Å²) in [6, 6.07) is 0. The van der Waals surface area contributed by atoms with E-state index in [-0.39, 0.29) is 5.69 Å². The van der Waals surface area contributed by atoms with E-state index in [4.69, 9.17) is 4.74 Å². The minimum Gasteiger partial charge on any atom is -0.381 e. The number of hydrogen-bond acceptors (Lipinski definition) is 5. The van der Waals surface area contributed by atoms with Gasteiger partial charge in [0.1, 0.15) is 11.3 Å². The molecule has 2 aliphatic heterocycles. The number of nitrogens with zero attached hydrogens (tertiary/aromatic N) is 3. The number of aromatic nitrogens is 4. The number of nitrogens with one attached hydrogen (secondary N) is 2. The van der Waals surface area contributed by atoms with Crippen molar-refractivity contribution >= 4 is 17.0 Å². The molecule has 2 aromatic heterocycles. The molecule has 1 aliphatic carbocycles. The van der Waals surface area contributed by atoms with Crippen LogP contribution in [0.5, 0.6) is 0 Å². The molecule has 1 saturated heterocycles. The molecule has 1 saturated carbocycles. The fraction of sp³-hybridized carbons (Fsp3) is 0.667. The quantitative estimate of drug-likeness (QED) is 0.771. The van der Waals surface area contributed by atoms with Gasteiger partial charge in [-0.25, -0.2) is 14.8 Å². The number of ether oxygens (including phenoxy) is 1. The van der Waals surface area contributed by atoms with E-state index in [1.165, 1.54) is 6.42 Å². The summed E-state index contributed by atoms with van der Waals surface area (Å²) in [5.41, 5.74) is 1.29. The molecule has 0 amide bonds. The van der Waals surface area contributed by atoms with E-state index in [0.717, 1.165) is 42.9 Å². The molecule has 0 aromatic carbocycles. The molecular formula is C15H23N5O2. The largest absolute Gasteiger partial charge is 0.381 e. The lowest BCUT2D eigenvalue weighted by molar-refractivity contribution is 0.165. The van der Waals surface area contributed by atoms with Gasteiger partial charge in [0.05, 0.1) is 0 Å². The molecule has 0 spiro atoms.